The summed E-state index contributed by atoms with van der Waals surface area (Å²) in [6.45, 7) is 2.09. The number of amides is 1. The lowest BCUT2D eigenvalue weighted by atomic mass is 9.90. The Hall–Kier alpha value is -3.43. The van der Waals surface area contributed by atoms with E-state index >= 15 is 0 Å². The normalized spacial score (nSPS) is 28.9. The van der Waals surface area contributed by atoms with Crippen LogP contribution in [-0.2, 0) is 26.5 Å². The van der Waals surface area contributed by atoms with E-state index in [0.717, 1.165) is 49.2 Å². The predicted octanol–water partition coefficient (Wildman–Crippen LogP) is 4.10. The molecule has 3 aliphatic heterocycles. The maximum Gasteiger partial charge on any atom is 0.252 e. The predicted molar refractivity (Wildman–Crippen MR) is 135 cm³/mol. The van der Waals surface area contributed by atoms with Gasteiger partial charge in [0.1, 0.15) is 6.23 Å². The topological polar surface area (TPSA) is 86.9 Å². The molecule has 0 aliphatic carbocycles. The molecule has 0 spiro atoms. The second-order valence-corrected chi connectivity index (χ2v) is 10.2. The van der Waals surface area contributed by atoms with Crippen LogP contribution in [0.1, 0.15) is 35.5 Å². The van der Waals surface area contributed by atoms with Crippen molar-refractivity contribution in [1.29, 1.82) is 0 Å². The molecule has 5 aromatic rings. The second kappa shape index (κ2) is 6.46. The molecule has 2 N–H and O–H groups in total. The van der Waals surface area contributed by atoms with Gasteiger partial charge < -0.3 is 33.8 Å². The number of aliphatic hydroxyl groups is 1. The minimum absolute atomic E-state index is 0.0667. The molecule has 8 heteroatoms. The van der Waals surface area contributed by atoms with Crippen molar-refractivity contribution in [3.63, 3.8) is 0 Å². The van der Waals surface area contributed by atoms with E-state index in [1.54, 1.807) is 21.1 Å². The summed E-state index contributed by atoms with van der Waals surface area (Å²) >= 11 is 0. The molecule has 0 radical (unpaired) electrons. The average Bonchev–Trinajstić information content (AvgIpc) is 3.50. The van der Waals surface area contributed by atoms with Gasteiger partial charge in [-0.05, 0) is 24.6 Å². The van der Waals surface area contributed by atoms with E-state index in [1.807, 2.05) is 30.3 Å². The fourth-order valence-electron chi connectivity index (χ4n) is 7.36. The van der Waals surface area contributed by atoms with Crippen LogP contribution in [-0.4, -0.2) is 46.3 Å². The van der Waals surface area contributed by atoms with Crippen molar-refractivity contribution in [2.45, 2.75) is 43.7 Å². The Kier molecular flexibility index (Phi) is 3.72. The van der Waals surface area contributed by atoms with Crippen molar-refractivity contribution < 1.29 is 24.1 Å². The third kappa shape index (κ3) is 2.11. The number of nitrogens with zero attached hydrogens (tertiary/aromatic N) is 2. The fraction of sp³-hybridized carbons (Fsp3) is 0.321. The number of ether oxygens (including phenoxy) is 3. The fourth-order valence-corrected chi connectivity index (χ4v) is 7.36. The third-order valence-electron chi connectivity index (χ3n) is 8.51. The maximum absolute atomic E-state index is 13.3. The van der Waals surface area contributed by atoms with E-state index in [9.17, 15) is 9.90 Å². The summed E-state index contributed by atoms with van der Waals surface area (Å²) in [5.41, 5.74) is 4.42. The van der Waals surface area contributed by atoms with Gasteiger partial charge in [0.05, 0.1) is 27.6 Å². The van der Waals surface area contributed by atoms with Crippen molar-refractivity contribution in [2.24, 2.45) is 0 Å². The molecule has 8 rings (SSSR count). The third-order valence-corrected chi connectivity index (χ3v) is 8.51. The zero-order valence-electron chi connectivity index (χ0n) is 20.2. The molecule has 1 saturated heterocycles. The SMILES string of the molecule is CO[C@@H]1C(C)(O)O[C@@H]2C[C@@]1(OC)n1c3ccccc3c3c4c(c5c6ccccc6n2c5c31)C(=O)NC4. The first-order chi connectivity index (χ1) is 17.4. The molecular weight excluding hydrogens is 458 g/mol. The quantitative estimate of drug-likeness (QED) is 0.395. The van der Waals surface area contributed by atoms with Crippen LogP contribution in [0, 0.1) is 0 Å². The first kappa shape index (κ1) is 20.7. The number of para-hydroxylation sites is 2. The summed E-state index contributed by atoms with van der Waals surface area (Å²) in [5.74, 6) is -1.71. The van der Waals surface area contributed by atoms with Crippen LogP contribution in [0.15, 0.2) is 48.5 Å². The Morgan fingerprint density at radius 3 is 2.44 bits per heavy atom. The number of benzene rings is 3. The Labute approximate surface area is 205 Å². The number of aromatic nitrogens is 2. The van der Waals surface area contributed by atoms with Crippen molar-refractivity contribution in [2.75, 3.05) is 14.2 Å². The van der Waals surface area contributed by atoms with E-state index in [4.69, 9.17) is 14.2 Å². The monoisotopic (exact) mass is 483 g/mol. The van der Waals surface area contributed by atoms with Crippen LogP contribution >= 0.6 is 0 Å². The minimum Gasteiger partial charge on any atom is -0.371 e. The van der Waals surface area contributed by atoms with Gasteiger partial charge in [-0.1, -0.05) is 36.4 Å². The number of hydrogen-bond donors (Lipinski definition) is 2. The van der Waals surface area contributed by atoms with Gasteiger partial charge in [-0.2, -0.15) is 0 Å². The Balaban J connectivity index is 1.75. The van der Waals surface area contributed by atoms with Crippen molar-refractivity contribution in [1.82, 2.24) is 14.5 Å². The molecule has 2 aromatic heterocycles. The Morgan fingerprint density at radius 1 is 1.03 bits per heavy atom. The first-order valence-electron chi connectivity index (χ1n) is 12.2. The van der Waals surface area contributed by atoms with Crippen LogP contribution in [0.5, 0.6) is 0 Å². The minimum atomic E-state index is -1.65. The first-order valence-corrected chi connectivity index (χ1v) is 12.2. The van der Waals surface area contributed by atoms with E-state index in [1.165, 1.54) is 0 Å². The van der Waals surface area contributed by atoms with Crippen LogP contribution in [0.3, 0.4) is 0 Å². The zero-order chi connectivity index (χ0) is 24.6. The molecule has 1 unspecified atom stereocenters. The zero-order valence-corrected chi connectivity index (χ0v) is 20.2. The van der Waals surface area contributed by atoms with Crippen LogP contribution < -0.4 is 5.32 Å². The maximum atomic E-state index is 13.3. The highest BCUT2D eigenvalue weighted by molar-refractivity contribution is 6.31. The van der Waals surface area contributed by atoms with Gasteiger partial charge in [0.25, 0.3) is 5.91 Å². The van der Waals surface area contributed by atoms with Gasteiger partial charge in [-0.3, -0.25) is 4.79 Å². The van der Waals surface area contributed by atoms with Gasteiger partial charge >= 0.3 is 0 Å². The van der Waals surface area contributed by atoms with Crippen LogP contribution in [0.25, 0.3) is 43.6 Å². The van der Waals surface area contributed by atoms with Gasteiger partial charge in [0.2, 0.25) is 0 Å². The summed E-state index contributed by atoms with van der Waals surface area (Å²) in [7, 11) is 3.24. The van der Waals surface area contributed by atoms with E-state index < -0.39 is 23.8 Å². The number of carbonyl (C=O) groups excluding carboxylic acids is 1. The molecule has 0 saturated carbocycles. The Morgan fingerprint density at radius 2 is 1.72 bits per heavy atom. The van der Waals surface area contributed by atoms with Gasteiger partial charge in [-0.15, -0.1) is 0 Å². The van der Waals surface area contributed by atoms with Crippen LogP contribution in [0.4, 0.5) is 0 Å². The Bertz CT molecular complexity index is 1800. The summed E-state index contributed by atoms with van der Waals surface area (Å²) in [6.07, 6.45) is -0.965. The molecule has 4 atom stereocenters. The average molecular weight is 484 g/mol. The summed E-state index contributed by atoms with van der Waals surface area (Å²) in [4.78, 5) is 13.3. The molecule has 3 aliphatic rings. The molecule has 8 nitrogen and oxygen atoms in total. The van der Waals surface area contributed by atoms with Crippen molar-refractivity contribution >= 4 is 49.5 Å². The number of carbonyl (C=O) groups is 1. The van der Waals surface area contributed by atoms with Crippen molar-refractivity contribution in [3.05, 3.63) is 59.7 Å². The lowest BCUT2D eigenvalue weighted by molar-refractivity contribution is -0.375. The summed E-state index contributed by atoms with van der Waals surface area (Å²) in [5, 5.41) is 18.7. The van der Waals surface area contributed by atoms with Gasteiger partial charge in [0, 0.05) is 48.7 Å². The summed E-state index contributed by atoms with van der Waals surface area (Å²) < 4.78 is 23.1. The number of methoxy groups -OCH3 is 2. The molecule has 5 heterocycles. The molecule has 1 amide bonds. The molecule has 3 aromatic carbocycles. The number of fused-ring (bicyclic) bond motifs is 13. The lowest BCUT2D eigenvalue weighted by Gasteiger charge is -2.51. The second-order valence-electron chi connectivity index (χ2n) is 10.2. The summed E-state index contributed by atoms with van der Waals surface area (Å²) in [6, 6.07) is 16.3. The van der Waals surface area contributed by atoms with E-state index in [-0.39, 0.29) is 5.91 Å². The highest BCUT2D eigenvalue weighted by Crippen LogP contribution is 2.56. The van der Waals surface area contributed by atoms with E-state index in [0.29, 0.717) is 18.5 Å². The number of hydrogen-bond acceptors (Lipinski definition) is 5. The smallest absolute Gasteiger partial charge is 0.252 e. The molecular formula is C28H25N3O5. The molecule has 182 valence electrons. The van der Waals surface area contributed by atoms with Gasteiger partial charge in [-0.25, -0.2) is 0 Å². The number of rotatable bonds is 2. The van der Waals surface area contributed by atoms with Gasteiger partial charge in [0.15, 0.2) is 17.6 Å². The van der Waals surface area contributed by atoms with E-state index in [2.05, 4.69) is 32.7 Å². The number of nitrogens with one attached hydrogen (secondary N) is 1. The molecule has 1 fully saturated rings. The highest BCUT2D eigenvalue weighted by atomic mass is 16.7. The highest BCUT2D eigenvalue weighted by Gasteiger charge is 2.60. The molecule has 2 bridgehead atoms. The standard InChI is InChI=1S/C28H25N3O5/c1-27(33)26(34-2)28(35-3)12-19(36-27)30-17-10-6-4-8-14(17)21-22-16(13-29-25(22)32)20-15-9-5-7-11-18(15)31(28)24(20)23(21)30/h4-11,19,26,33H,12-13H2,1-3H3,(H,29,32)/t19-,26-,27?,28+/m1/s1. The molecule has 36 heavy (non-hydrogen) atoms. The van der Waals surface area contributed by atoms with Crippen molar-refractivity contribution in [3.8, 4) is 0 Å². The lowest BCUT2D eigenvalue weighted by Crippen LogP contribution is -2.63. The largest absolute Gasteiger partial charge is 0.371 e. The van der Waals surface area contributed by atoms with Crippen LogP contribution in [0.2, 0.25) is 0 Å².